The number of halogens is 2. The Labute approximate surface area is 117 Å². The molecule has 0 bridgehead atoms. The minimum Gasteiger partial charge on any atom is -0.479 e. The molecule has 0 aliphatic carbocycles. The summed E-state index contributed by atoms with van der Waals surface area (Å²) in [6.07, 6.45) is 1.88. The van der Waals surface area contributed by atoms with Crippen LogP contribution in [0.25, 0.3) is 0 Å². The fourth-order valence-electron chi connectivity index (χ4n) is 1.46. The van der Waals surface area contributed by atoms with Gasteiger partial charge in [-0.1, -0.05) is 36.5 Å². The van der Waals surface area contributed by atoms with Gasteiger partial charge in [-0.3, -0.25) is 0 Å². The molecule has 0 saturated heterocycles. The lowest BCUT2D eigenvalue weighted by molar-refractivity contribution is -0.149. The Balaban J connectivity index is 2.75. The van der Waals surface area contributed by atoms with Crippen LogP contribution in [0, 0.1) is 0 Å². The third-order valence-corrected chi connectivity index (χ3v) is 3.19. The Morgan fingerprint density at radius 3 is 2.61 bits per heavy atom. The number of ether oxygens (including phenoxy) is 2. The van der Waals surface area contributed by atoms with Crippen molar-refractivity contribution in [2.75, 3.05) is 7.11 Å². The molecule has 0 saturated carbocycles. The summed E-state index contributed by atoms with van der Waals surface area (Å²) in [7, 11) is 1.35. The van der Waals surface area contributed by atoms with Crippen LogP contribution in [0.2, 0.25) is 10.0 Å². The molecule has 0 N–H and O–H groups in total. The van der Waals surface area contributed by atoms with E-state index in [1.54, 1.807) is 18.2 Å². The van der Waals surface area contributed by atoms with Crippen molar-refractivity contribution in [2.45, 2.75) is 32.3 Å². The number of carbonyl (C=O) groups is 1. The van der Waals surface area contributed by atoms with Crippen molar-refractivity contribution < 1.29 is 14.3 Å². The summed E-state index contributed by atoms with van der Waals surface area (Å²) in [5, 5.41) is 0.848. The average molecular weight is 291 g/mol. The maximum atomic E-state index is 11.6. The summed E-state index contributed by atoms with van der Waals surface area (Å²) in [4.78, 5) is 11.6. The predicted molar refractivity (Wildman–Crippen MR) is 72.4 cm³/mol. The molecule has 0 aliphatic rings. The lowest BCUT2D eigenvalue weighted by Gasteiger charge is -2.16. The smallest absolute Gasteiger partial charge is 0.347 e. The van der Waals surface area contributed by atoms with E-state index < -0.39 is 6.10 Å². The van der Waals surface area contributed by atoms with Crippen LogP contribution in [0.1, 0.15) is 26.2 Å². The molecule has 5 heteroatoms. The first kappa shape index (κ1) is 15.1. The highest BCUT2D eigenvalue weighted by molar-refractivity contribution is 6.42. The summed E-state index contributed by atoms with van der Waals surface area (Å²) < 4.78 is 10.3. The van der Waals surface area contributed by atoms with Crippen LogP contribution in [0.4, 0.5) is 0 Å². The zero-order valence-corrected chi connectivity index (χ0v) is 11.9. The van der Waals surface area contributed by atoms with Crippen LogP contribution in [-0.4, -0.2) is 19.2 Å². The second-order valence-corrected chi connectivity index (χ2v) is 4.66. The van der Waals surface area contributed by atoms with Gasteiger partial charge in [0.2, 0.25) is 0 Å². The van der Waals surface area contributed by atoms with Gasteiger partial charge in [-0.25, -0.2) is 4.79 Å². The van der Waals surface area contributed by atoms with E-state index in [1.165, 1.54) is 7.11 Å². The minimum atomic E-state index is -0.604. The average Bonchev–Trinajstić information content (AvgIpc) is 2.37. The van der Waals surface area contributed by atoms with E-state index in [0.717, 1.165) is 12.8 Å². The summed E-state index contributed by atoms with van der Waals surface area (Å²) >= 11 is 11.7. The van der Waals surface area contributed by atoms with Crippen molar-refractivity contribution in [3.05, 3.63) is 28.2 Å². The van der Waals surface area contributed by atoms with Gasteiger partial charge in [0.05, 0.1) is 17.2 Å². The molecule has 0 radical (unpaired) electrons. The molecule has 3 nitrogen and oxygen atoms in total. The van der Waals surface area contributed by atoms with Crippen molar-refractivity contribution in [1.82, 2.24) is 0 Å². The summed E-state index contributed by atoms with van der Waals surface area (Å²) in [6.45, 7) is 2.05. The van der Waals surface area contributed by atoms with Crippen LogP contribution < -0.4 is 4.74 Å². The number of rotatable bonds is 6. The molecule has 100 valence electrons. The van der Waals surface area contributed by atoms with Gasteiger partial charge in [0.1, 0.15) is 5.75 Å². The molecule has 0 spiro atoms. The van der Waals surface area contributed by atoms with E-state index in [9.17, 15) is 4.79 Å². The highest BCUT2D eigenvalue weighted by Gasteiger charge is 2.20. The van der Waals surface area contributed by atoms with Crippen molar-refractivity contribution in [1.29, 1.82) is 0 Å². The third kappa shape index (κ3) is 4.39. The Kier molecular flexibility index (Phi) is 6.30. The zero-order valence-electron chi connectivity index (χ0n) is 10.4. The van der Waals surface area contributed by atoms with E-state index in [2.05, 4.69) is 0 Å². The number of methoxy groups -OCH3 is 1. The molecule has 0 aromatic heterocycles. The second-order valence-electron chi connectivity index (χ2n) is 3.85. The molecule has 0 amide bonds. The third-order valence-electron chi connectivity index (χ3n) is 2.45. The van der Waals surface area contributed by atoms with Crippen molar-refractivity contribution in [2.24, 2.45) is 0 Å². The Morgan fingerprint density at radius 2 is 2.06 bits per heavy atom. The predicted octanol–water partition coefficient (Wildman–Crippen LogP) is 4.10. The maximum absolute atomic E-state index is 11.6. The highest BCUT2D eigenvalue weighted by Crippen LogP contribution is 2.27. The van der Waals surface area contributed by atoms with Gasteiger partial charge in [-0.2, -0.15) is 0 Å². The van der Waals surface area contributed by atoms with Crippen LogP contribution in [-0.2, 0) is 9.53 Å². The van der Waals surface area contributed by atoms with Gasteiger partial charge in [0, 0.05) is 6.07 Å². The molecule has 1 atom stereocenters. The Hall–Kier alpha value is -0.930. The molecule has 0 heterocycles. The van der Waals surface area contributed by atoms with Crippen molar-refractivity contribution in [3.8, 4) is 5.75 Å². The van der Waals surface area contributed by atoms with Gasteiger partial charge < -0.3 is 9.47 Å². The first-order chi connectivity index (χ1) is 8.58. The molecule has 0 fully saturated rings. The Bertz CT molecular complexity index is 407. The summed E-state index contributed by atoms with van der Waals surface area (Å²) in [5.74, 6) is 0.130. The van der Waals surface area contributed by atoms with E-state index in [1.807, 2.05) is 6.92 Å². The molecular weight excluding hydrogens is 275 g/mol. The lowest BCUT2D eigenvalue weighted by Crippen LogP contribution is -2.28. The van der Waals surface area contributed by atoms with Crippen molar-refractivity contribution in [3.63, 3.8) is 0 Å². The second kappa shape index (κ2) is 7.49. The number of carbonyl (C=O) groups excluding carboxylic acids is 1. The molecule has 1 aromatic rings. The molecule has 18 heavy (non-hydrogen) atoms. The molecule has 1 aromatic carbocycles. The van der Waals surface area contributed by atoms with E-state index in [4.69, 9.17) is 32.7 Å². The number of unbranched alkanes of at least 4 members (excludes halogenated alkanes) is 1. The van der Waals surface area contributed by atoms with Crippen LogP contribution in [0.3, 0.4) is 0 Å². The zero-order chi connectivity index (χ0) is 13.5. The molecule has 1 rings (SSSR count). The quantitative estimate of drug-likeness (QED) is 0.740. The van der Waals surface area contributed by atoms with Crippen LogP contribution in [0.15, 0.2) is 18.2 Å². The summed E-state index contributed by atoms with van der Waals surface area (Å²) in [5.41, 5.74) is 0. The fourth-order valence-corrected chi connectivity index (χ4v) is 1.75. The highest BCUT2D eigenvalue weighted by atomic mass is 35.5. The van der Waals surface area contributed by atoms with E-state index in [0.29, 0.717) is 22.2 Å². The SMILES string of the molecule is CCCCC(Oc1ccc(Cl)c(Cl)c1)C(=O)OC. The van der Waals surface area contributed by atoms with Gasteiger partial charge in [0.25, 0.3) is 0 Å². The first-order valence-corrected chi connectivity index (χ1v) is 6.53. The Morgan fingerprint density at radius 1 is 1.33 bits per heavy atom. The standard InChI is InChI=1S/C13H16Cl2O3/c1-3-4-5-12(13(16)17-2)18-9-6-7-10(14)11(15)8-9/h6-8,12H,3-5H2,1-2H3. The largest absolute Gasteiger partial charge is 0.479 e. The topological polar surface area (TPSA) is 35.5 Å². The first-order valence-electron chi connectivity index (χ1n) is 5.78. The molecular formula is C13H16Cl2O3. The fraction of sp³-hybridized carbons (Fsp3) is 0.462. The maximum Gasteiger partial charge on any atom is 0.347 e. The normalized spacial score (nSPS) is 12.0. The summed E-state index contributed by atoms with van der Waals surface area (Å²) in [6, 6.07) is 4.90. The molecule has 1 unspecified atom stereocenters. The number of hydrogen-bond donors (Lipinski definition) is 0. The monoisotopic (exact) mass is 290 g/mol. The molecule has 0 aliphatic heterocycles. The minimum absolute atomic E-state index is 0.380. The van der Waals surface area contributed by atoms with Crippen molar-refractivity contribution >= 4 is 29.2 Å². The van der Waals surface area contributed by atoms with Crippen LogP contribution >= 0.6 is 23.2 Å². The number of benzene rings is 1. The van der Waals surface area contributed by atoms with E-state index in [-0.39, 0.29) is 5.97 Å². The van der Waals surface area contributed by atoms with Crippen LogP contribution in [0.5, 0.6) is 5.75 Å². The number of hydrogen-bond acceptors (Lipinski definition) is 3. The number of esters is 1. The van der Waals surface area contributed by atoms with Gasteiger partial charge in [-0.15, -0.1) is 0 Å². The van der Waals surface area contributed by atoms with Gasteiger partial charge in [-0.05, 0) is 25.0 Å². The lowest BCUT2D eigenvalue weighted by atomic mass is 10.1. The van der Waals surface area contributed by atoms with Gasteiger partial charge >= 0.3 is 5.97 Å². The van der Waals surface area contributed by atoms with Gasteiger partial charge in [0.15, 0.2) is 6.10 Å². The van der Waals surface area contributed by atoms with E-state index >= 15 is 0 Å².